The number of hydrogen-bond donors (Lipinski definition) is 2. The number of aryl methyl sites for hydroxylation is 1. The van der Waals surface area contributed by atoms with E-state index in [2.05, 4.69) is 17.2 Å². The first-order chi connectivity index (χ1) is 10.3. The molecule has 0 aliphatic carbocycles. The number of alkyl carbamates (subject to hydrolysis) is 1. The van der Waals surface area contributed by atoms with Crippen molar-refractivity contribution < 1.29 is 9.53 Å². The number of nitrogens with one attached hydrogen (secondary N) is 1. The summed E-state index contributed by atoms with van der Waals surface area (Å²) in [5.74, 6) is 1.13. The Balaban J connectivity index is 2.66. The maximum atomic E-state index is 11.6. The van der Waals surface area contributed by atoms with E-state index in [9.17, 15) is 4.79 Å². The van der Waals surface area contributed by atoms with Crippen molar-refractivity contribution in [3.05, 3.63) is 11.5 Å². The van der Waals surface area contributed by atoms with E-state index in [1.807, 2.05) is 26.8 Å². The van der Waals surface area contributed by atoms with Crippen LogP contribution in [0, 0.1) is 11.3 Å². The summed E-state index contributed by atoms with van der Waals surface area (Å²) in [6.45, 7) is 8.33. The SMILES string of the molecule is CCCCc1nc(C#N)c(N)n1CCNC(=O)OC(C)(C)C. The molecule has 7 heteroatoms. The highest BCUT2D eigenvalue weighted by Crippen LogP contribution is 2.15. The smallest absolute Gasteiger partial charge is 0.407 e. The number of nitrogen functional groups attached to an aromatic ring is 1. The number of carbonyl (C=O) groups is 1. The molecular formula is C15H25N5O2. The molecule has 0 unspecified atom stereocenters. The Bertz CT molecular complexity index is 552. The van der Waals surface area contributed by atoms with Crippen molar-refractivity contribution >= 4 is 11.9 Å². The predicted octanol–water partition coefficient (Wildman–Crippen LogP) is 2.20. The van der Waals surface area contributed by atoms with Crippen molar-refractivity contribution in [1.82, 2.24) is 14.9 Å². The van der Waals surface area contributed by atoms with E-state index in [4.69, 9.17) is 15.7 Å². The topological polar surface area (TPSA) is 106 Å². The van der Waals surface area contributed by atoms with Gasteiger partial charge in [-0.05, 0) is 27.2 Å². The Labute approximate surface area is 131 Å². The van der Waals surface area contributed by atoms with E-state index < -0.39 is 11.7 Å². The third-order valence-electron chi connectivity index (χ3n) is 2.95. The number of ether oxygens (including phenoxy) is 1. The molecular weight excluding hydrogens is 282 g/mol. The van der Waals surface area contributed by atoms with E-state index in [-0.39, 0.29) is 5.69 Å². The number of unbranched alkanes of at least 4 members (excludes halogenated alkanes) is 1. The highest BCUT2D eigenvalue weighted by atomic mass is 16.6. The zero-order chi connectivity index (χ0) is 16.8. The first kappa shape index (κ1) is 17.8. The Kier molecular flexibility index (Phi) is 6.23. The summed E-state index contributed by atoms with van der Waals surface area (Å²) < 4.78 is 6.95. The number of aromatic nitrogens is 2. The Morgan fingerprint density at radius 1 is 1.50 bits per heavy atom. The zero-order valence-corrected chi connectivity index (χ0v) is 13.8. The van der Waals surface area contributed by atoms with Gasteiger partial charge >= 0.3 is 6.09 Å². The maximum absolute atomic E-state index is 11.6. The fraction of sp³-hybridized carbons (Fsp3) is 0.667. The molecule has 1 heterocycles. The molecule has 0 fully saturated rings. The van der Waals surface area contributed by atoms with Crippen LogP contribution in [-0.2, 0) is 17.7 Å². The van der Waals surface area contributed by atoms with Crippen LogP contribution in [0.4, 0.5) is 10.6 Å². The second kappa shape index (κ2) is 7.69. The van der Waals surface area contributed by atoms with Crippen LogP contribution in [-0.4, -0.2) is 27.8 Å². The summed E-state index contributed by atoms with van der Waals surface area (Å²) in [7, 11) is 0. The number of carbonyl (C=O) groups excluding carboxylic acids is 1. The monoisotopic (exact) mass is 307 g/mol. The van der Waals surface area contributed by atoms with E-state index in [1.54, 1.807) is 4.57 Å². The van der Waals surface area contributed by atoms with Crippen molar-refractivity contribution in [2.75, 3.05) is 12.3 Å². The summed E-state index contributed by atoms with van der Waals surface area (Å²) in [4.78, 5) is 15.9. The van der Waals surface area contributed by atoms with Crippen molar-refractivity contribution in [3.8, 4) is 6.07 Å². The largest absolute Gasteiger partial charge is 0.444 e. The molecule has 0 aliphatic rings. The predicted molar refractivity (Wildman–Crippen MR) is 84.2 cm³/mol. The van der Waals surface area contributed by atoms with Crippen LogP contribution in [0.2, 0.25) is 0 Å². The lowest BCUT2D eigenvalue weighted by Gasteiger charge is -2.20. The molecule has 0 saturated carbocycles. The number of nitrogens with zero attached hydrogens (tertiary/aromatic N) is 3. The molecule has 0 atom stereocenters. The molecule has 1 aromatic rings. The number of nitrogens with two attached hydrogens (primary N) is 1. The van der Waals surface area contributed by atoms with Gasteiger partial charge in [0.05, 0.1) is 0 Å². The van der Waals surface area contributed by atoms with Gasteiger partial charge < -0.3 is 20.4 Å². The molecule has 0 aliphatic heterocycles. The highest BCUT2D eigenvalue weighted by molar-refractivity contribution is 5.67. The summed E-state index contributed by atoms with van der Waals surface area (Å²) in [6, 6.07) is 1.99. The van der Waals surface area contributed by atoms with Gasteiger partial charge in [0, 0.05) is 19.5 Å². The first-order valence-corrected chi connectivity index (χ1v) is 7.50. The van der Waals surface area contributed by atoms with Crippen LogP contribution in [0.15, 0.2) is 0 Å². The minimum absolute atomic E-state index is 0.239. The number of amides is 1. The third kappa shape index (κ3) is 5.28. The molecule has 1 aromatic heterocycles. The van der Waals surface area contributed by atoms with Gasteiger partial charge in [0.15, 0.2) is 5.69 Å². The van der Waals surface area contributed by atoms with Gasteiger partial charge in [-0.3, -0.25) is 0 Å². The number of anilines is 1. The highest BCUT2D eigenvalue weighted by Gasteiger charge is 2.17. The van der Waals surface area contributed by atoms with E-state index in [0.29, 0.717) is 18.9 Å². The molecule has 122 valence electrons. The normalized spacial score (nSPS) is 11.0. The standard InChI is InChI=1S/C15H25N5O2/c1-5-6-7-12-19-11(10-16)13(17)20(12)9-8-18-14(21)22-15(2,3)4/h5-9,17H2,1-4H3,(H,18,21). The molecule has 1 rings (SSSR count). The Hall–Kier alpha value is -2.23. The molecule has 7 nitrogen and oxygen atoms in total. The van der Waals surface area contributed by atoms with Crippen molar-refractivity contribution in [3.63, 3.8) is 0 Å². The number of rotatable bonds is 6. The molecule has 0 saturated heterocycles. The summed E-state index contributed by atoms with van der Waals surface area (Å²) in [6.07, 6.45) is 2.29. The molecule has 0 bridgehead atoms. The second-order valence-corrected chi connectivity index (χ2v) is 6.06. The van der Waals surface area contributed by atoms with E-state index in [1.165, 1.54) is 0 Å². The fourth-order valence-electron chi connectivity index (χ4n) is 1.96. The molecule has 0 spiro atoms. The van der Waals surface area contributed by atoms with E-state index >= 15 is 0 Å². The van der Waals surface area contributed by atoms with Crippen LogP contribution in [0.1, 0.15) is 52.1 Å². The van der Waals surface area contributed by atoms with Gasteiger partial charge in [-0.2, -0.15) is 5.26 Å². The molecule has 0 aromatic carbocycles. The van der Waals surface area contributed by atoms with Crippen LogP contribution in [0.3, 0.4) is 0 Å². The van der Waals surface area contributed by atoms with Gasteiger partial charge in [0.2, 0.25) is 0 Å². The van der Waals surface area contributed by atoms with Gasteiger partial charge in [0.25, 0.3) is 0 Å². The van der Waals surface area contributed by atoms with Gasteiger partial charge in [-0.25, -0.2) is 9.78 Å². The number of imidazole rings is 1. The van der Waals surface area contributed by atoms with Gasteiger partial charge in [-0.1, -0.05) is 13.3 Å². The minimum Gasteiger partial charge on any atom is -0.444 e. The average molecular weight is 307 g/mol. The zero-order valence-electron chi connectivity index (χ0n) is 13.8. The third-order valence-corrected chi connectivity index (χ3v) is 2.95. The van der Waals surface area contributed by atoms with Crippen LogP contribution < -0.4 is 11.1 Å². The van der Waals surface area contributed by atoms with Crippen LogP contribution in [0.25, 0.3) is 0 Å². The fourth-order valence-corrected chi connectivity index (χ4v) is 1.96. The lowest BCUT2D eigenvalue weighted by molar-refractivity contribution is 0.0526. The lowest BCUT2D eigenvalue weighted by Crippen LogP contribution is -2.34. The summed E-state index contributed by atoms with van der Waals surface area (Å²) >= 11 is 0. The maximum Gasteiger partial charge on any atom is 0.407 e. The summed E-state index contributed by atoms with van der Waals surface area (Å²) in [5.41, 5.74) is 5.65. The molecule has 22 heavy (non-hydrogen) atoms. The lowest BCUT2D eigenvalue weighted by atomic mass is 10.2. The summed E-state index contributed by atoms with van der Waals surface area (Å²) in [5, 5.41) is 11.7. The number of nitriles is 1. The minimum atomic E-state index is -0.529. The molecule has 1 amide bonds. The Morgan fingerprint density at radius 3 is 2.73 bits per heavy atom. The quantitative estimate of drug-likeness (QED) is 0.838. The average Bonchev–Trinajstić information content (AvgIpc) is 2.71. The van der Waals surface area contributed by atoms with Gasteiger partial charge in [-0.15, -0.1) is 0 Å². The number of hydrogen-bond acceptors (Lipinski definition) is 5. The van der Waals surface area contributed by atoms with E-state index in [0.717, 1.165) is 25.1 Å². The molecule has 0 radical (unpaired) electrons. The van der Waals surface area contributed by atoms with Crippen molar-refractivity contribution in [2.45, 2.75) is 59.1 Å². The Morgan fingerprint density at radius 2 is 2.18 bits per heavy atom. The second-order valence-electron chi connectivity index (χ2n) is 6.06. The van der Waals surface area contributed by atoms with Crippen molar-refractivity contribution in [2.24, 2.45) is 0 Å². The first-order valence-electron chi connectivity index (χ1n) is 7.50. The van der Waals surface area contributed by atoms with Gasteiger partial charge in [0.1, 0.15) is 23.3 Å². The van der Waals surface area contributed by atoms with Crippen LogP contribution in [0.5, 0.6) is 0 Å². The van der Waals surface area contributed by atoms with Crippen LogP contribution >= 0.6 is 0 Å². The molecule has 3 N–H and O–H groups in total. The van der Waals surface area contributed by atoms with Crippen molar-refractivity contribution in [1.29, 1.82) is 5.26 Å².